The topological polar surface area (TPSA) is 43.6 Å². The molecule has 0 N–H and O–H groups in total. The van der Waals surface area contributed by atoms with Crippen LogP contribution in [-0.4, -0.2) is 27.6 Å². The van der Waals surface area contributed by atoms with E-state index in [0.29, 0.717) is 17.4 Å². The van der Waals surface area contributed by atoms with Gasteiger partial charge in [0, 0.05) is 41.8 Å². The number of aromatic nitrogens is 4. The Hall–Kier alpha value is -5.04. The van der Waals surface area contributed by atoms with E-state index in [0.717, 1.165) is 44.2 Å². The van der Waals surface area contributed by atoms with E-state index in [1.807, 2.05) is 18.3 Å². The van der Waals surface area contributed by atoms with Gasteiger partial charge in [-0.2, -0.15) is 11.3 Å². The van der Waals surface area contributed by atoms with Gasteiger partial charge in [-0.3, -0.25) is 4.98 Å². The van der Waals surface area contributed by atoms with Gasteiger partial charge >= 0.3 is 0 Å². The third kappa shape index (κ3) is 8.53. The second-order valence-electron chi connectivity index (χ2n) is 16.6. The fourth-order valence-electron chi connectivity index (χ4n) is 7.50. The summed E-state index contributed by atoms with van der Waals surface area (Å²) in [5, 5.41) is 3.70. The van der Waals surface area contributed by atoms with Crippen molar-refractivity contribution in [1.29, 1.82) is 0 Å². The molecule has 59 heavy (non-hydrogen) atoms. The summed E-state index contributed by atoms with van der Waals surface area (Å²) in [7, 11) is -1.34. The quantitative estimate of drug-likeness (QED) is 0.118. The van der Waals surface area contributed by atoms with Gasteiger partial charge in [0.15, 0.2) is 0 Å². The zero-order chi connectivity index (χ0) is 43.2. The Morgan fingerprint density at radius 2 is 1.47 bits per heavy atom. The first-order valence-corrected chi connectivity index (χ1v) is 24.3. The van der Waals surface area contributed by atoms with Gasteiger partial charge in [0.2, 0.25) is 0 Å². The minimum atomic E-state index is -2.08. The van der Waals surface area contributed by atoms with Gasteiger partial charge < -0.3 is 9.55 Å². The first-order valence-electron chi connectivity index (χ1n) is 21.5. The minimum Gasteiger partial charge on any atom is -0.333 e. The molecule has 0 spiro atoms. The Labute approximate surface area is 372 Å². The predicted molar refractivity (Wildman–Crippen MR) is 251 cm³/mol. The monoisotopic (exact) mass is 986 g/mol. The standard InChI is InChI=1S/C37H32N3S.C15H18NSi.Ir/c1-22(2)30-20-26(25-12-7-6-8-13-25)21-31(23(3)4)34(30)40-33-17-10-9-16-32(33)39-36(40)29-15-11-14-27-28-19-18-24(5)38-37(28)41-35(27)29;1-12-5-7-13(8-6-12)15-10-9-14(11-16-15)17(2,3)4;/h6-14,16-23H,1-5H3;5-7,9-11H,1-4H3;/q2*-1;/i;1D3;. The van der Waals surface area contributed by atoms with E-state index in [4.69, 9.17) is 14.1 Å². The molecule has 9 rings (SSSR count). The fraction of sp³-hybridized carbons (Fsp3) is 0.212. The minimum absolute atomic E-state index is 0. The fourth-order valence-corrected chi connectivity index (χ4v) is 9.74. The molecule has 0 aliphatic carbocycles. The number of hydrogen-bond donors (Lipinski definition) is 0. The van der Waals surface area contributed by atoms with E-state index < -0.39 is 14.9 Å². The number of imidazole rings is 1. The molecule has 299 valence electrons. The molecule has 1 radical (unpaired) electrons. The van der Waals surface area contributed by atoms with Crippen molar-refractivity contribution in [2.45, 2.75) is 72.9 Å². The van der Waals surface area contributed by atoms with Crippen molar-refractivity contribution in [3.05, 3.63) is 162 Å². The van der Waals surface area contributed by atoms with Crippen LogP contribution < -0.4 is 5.19 Å². The van der Waals surface area contributed by atoms with Crippen LogP contribution in [0.1, 0.15) is 66.0 Å². The van der Waals surface area contributed by atoms with Crippen molar-refractivity contribution in [3.8, 4) is 39.5 Å². The van der Waals surface area contributed by atoms with Gasteiger partial charge in [0.25, 0.3) is 0 Å². The molecule has 5 aromatic carbocycles. The maximum atomic E-state index is 7.35. The van der Waals surface area contributed by atoms with Crippen LogP contribution in [0.3, 0.4) is 0 Å². The SMILES string of the molecule is Cc1ccc2c(n1)sc1c(-c3nc4ccccc4n3-c3c(C(C)C)cc(-c4ccccc4)cc3C(C)C)[c-]ccc12.[2H]C([2H])([2H])c1c[c-]c(-c2ccc([Si](C)(C)C)cn2)cc1.[Ir]. The molecule has 0 amide bonds. The summed E-state index contributed by atoms with van der Waals surface area (Å²) in [6, 6.07) is 48.1. The van der Waals surface area contributed by atoms with Crippen LogP contribution in [0.5, 0.6) is 0 Å². The second kappa shape index (κ2) is 17.3. The van der Waals surface area contributed by atoms with Crippen LogP contribution in [0.15, 0.2) is 128 Å². The number of fused-ring (bicyclic) bond motifs is 4. The number of hydrogen-bond acceptors (Lipinski definition) is 4. The molecule has 0 saturated carbocycles. The maximum Gasteiger partial charge on any atom is 0.113 e. The maximum absolute atomic E-state index is 7.35. The molecule has 0 bridgehead atoms. The van der Waals surface area contributed by atoms with Crippen molar-refractivity contribution in [2.75, 3.05) is 0 Å². The Balaban J connectivity index is 0.000000233. The molecule has 0 unspecified atom stereocenters. The van der Waals surface area contributed by atoms with E-state index in [9.17, 15) is 0 Å². The predicted octanol–water partition coefficient (Wildman–Crippen LogP) is 13.9. The van der Waals surface area contributed by atoms with Crippen molar-refractivity contribution < 1.29 is 24.2 Å². The van der Waals surface area contributed by atoms with Crippen molar-refractivity contribution in [2.24, 2.45) is 0 Å². The molecule has 9 aromatic rings. The summed E-state index contributed by atoms with van der Waals surface area (Å²) in [4.78, 5) is 15.7. The van der Waals surface area contributed by atoms with Crippen molar-refractivity contribution in [3.63, 3.8) is 0 Å². The molecule has 0 fully saturated rings. The Morgan fingerprint density at radius 1 is 0.746 bits per heavy atom. The van der Waals surface area contributed by atoms with Crippen molar-refractivity contribution >= 4 is 55.9 Å². The van der Waals surface area contributed by atoms with Gasteiger partial charge in [-0.15, -0.1) is 53.6 Å². The number of rotatable bonds is 7. The smallest absolute Gasteiger partial charge is 0.113 e. The Morgan fingerprint density at radius 3 is 2.12 bits per heavy atom. The van der Waals surface area contributed by atoms with E-state index in [-0.39, 0.29) is 20.1 Å². The first kappa shape index (κ1) is 38.2. The molecule has 4 nitrogen and oxygen atoms in total. The first-order chi connectivity index (χ1) is 29.1. The number of aryl methyl sites for hydroxylation is 2. The van der Waals surface area contributed by atoms with Gasteiger partial charge in [-0.05, 0) is 92.3 Å². The van der Waals surface area contributed by atoms with Gasteiger partial charge in [-0.1, -0.05) is 126 Å². The molecule has 0 aliphatic heterocycles. The number of para-hydroxylation sites is 2. The van der Waals surface area contributed by atoms with E-state index in [1.54, 1.807) is 23.5 Å². The summed E-state index contributed by atoms with van der Waals surface area (Å²) in [6.45, 7) is 16.0. The molecule has 4 aromatic heterocycles. The van der Waals surface area contributed by atoms with Crippen LogP contribution in [0.4, 0.5) is 0 Å². The van der Waals surface area contributed by atoms with Gasteiger partial charge in [-0.25, -0.2) is 4.98 Å². The third-order valence-electron chi connectivity index (χ3n) is 10.7. The zero-order valence-electron chi connectivity index (χ0n) is 37.8. The molecule has 4 heterocycles. The summed E-state index contributed by atoms with van der Waals surface area (Å²) in [6.07, 6.45) is 1.92. The Bertz CT molecular complexity index is 2920. The third-order valence-corrected chi connectivity index (χ3v) is 13.8. The van der Waals surface area contributed by atoms with Gasteiger partial charge in [0.1, 0.15) is 4.83 Å². The van der Waals surface area contributed by atoms with Gasteiger partial charge in [0.05, 0.1) is 24.9 Å². The molecular weight excluding hydrogens is 933 g/mol. The summed E-state index contributed by atoms with van der Waals surface area (Å²) >= 11 is 1.74. The summed E-state index contributed by atoms with van der Waals surface area (Å²) in [5.41, 5.74) is 12.5. The van der Waals surface area contributed by atoms with Crippen LogP contribution >= 0.6 is 11.3 Å². The largest absolute Gasteiger partial charge is 0.333 e. The molecule has 0 atom stereocenters. The average Bonchev–Trinajstić information content (AvgIpc) is 3.81. The second-order valence-corrected chi connectivity index (χ2v) is 22.7. The van der Waals surface area contributed by atoms with Crippen molar-refractivity contribution in [1.82, 2.24) is 19.5 Å². The average molecular weight is 986 g/mol. The molecular formula is C52H50IrN4SSi-2. The van der Waals surface area contributed by atoms with Crippen LogP contribution in [-0.2, 0) is 20.1 Å². The van der Waals surface area contributed by atoms with Crippen LogP contribution in [0.25, 0.3) is 70.8 Å². The summed E-state index contributed by atoms with van der Waals surface area (Å²) in [5.74, 6) is 1.56. The normalized spacial score (nSPS) is 12.6. The number of benzene rings is 5. The number of pyridine rings is 2. The zero-order valence-corrected chi connectivity index (χ0v) is 39.0. The molecule has 0 aliphatic rings. The van der Waals surface area contributed by atoms with Crippen LogP contribution in [0, 0.1) is 25.9 Å². The van der Waals surface area contributed by atoms with E-state index >= 15 is 0 Å². The van der Waals surface area contributed by atoms with Crippen LogP contribution in [0.2, 0.25) is 19.6 Å². The molecule has 0 saturated heterocycles. The molecule has 7 heteroatoms. The summed E-state index contributed by atoms with van der Waals surface area (Å²) < 4.78 is 25.6. The van der Waals surface area contributed by atoms with E-state index in [2.05, 4.69) is 167 Å². The number of thiophene rings is 1. The number of nitrogens with zero attached hydrogens (tertiary/aromatic N) is 4. The Kier molecular flexibility index (Phi) is 11.2. The van der Waals surface area contributed by atoms with E-state index in [1.165, 1.54) is 54.7 Å².